The van der Waals surface area contributed by atoms with Crippen LogP contribution in [0.15, 0.2) is 24.3 Å². The molecule has 3 nitrogen and oxygen atoms in total. The predicted octanol–water partition coefficient (Wildman–Crippen LogP) is 4.66. The summed E-state index contributed by atoms with van der Waals surface area (Å²) in [7, 11) is 0. The van der Waals surface area contributed by atoms with Gasteiger partial charge in [0.25, 0.3) is 0 Å². The zero-order valence-electron chi connectivity index (χ0n) is 15.9. The minimum absolute atomic E-state index is 0. The maximum absolute atomic E-state index is 3.52. The van der Waals surface area contributed by atoms with E-state index < -0.39 is 0 Å². The molecule has 148 valence electrons. The molecule has 26 heavy (non-hydrogen) atoms. The monoisotopic (exact) mass is 399 g/mol. The van der Waals surface area contributed by atoms with Crippen LogP contribution in [0.3, 0.4) is 0 Å². The molecule has 3 aliphatic rings. The molecule has 1 aromatic rings. The normalized spacial score (nSPS) is 23.2. The first-order valence-electron chi connectivity index (χ1n) is 10.2. The molecule has 4 rings (SSSR count). The van der Waals surface area contributed by atoms with E-state index in [-0.39, 0.29) is 24.8 Å². The predicted molar refractivity (Wildman–Crippen MR) is 116 cm³/mol. The third-order valence-electron chi connectivity index (χ3n) is 6.35. The number of benzene rings is 1. The maximum atomic E-state index is 3.52. The van der Waals surface area contributed by atoms with Gasteiger partial charge in [-0.2, -0.15) is 0 Å². The van der Waals surface area contributed by atoms with Crippen molar-refractivity contribution in [2.24, 2.45) is 5.92 Å². The fourth-order valence-corrected chi connectivity index (χ4v) is 5.05. The third-order valence-corrected chi connectivity index (χ3v) is 6.35. The van der Waals surface area contributed by atoms with E-state index in [1.165, 1.54) is 76.8 Å². The molecule has 0 spiro atoms. The Morgan fingerprint density at radius 3 is 2.00 bits per heavy atom. The van der Waals surface area contributed by atoms with Crippen LogP contribution in [0.5, 0.6) is 0 Å². The summed E-state index contributed by atoms with van der Waals surface area (Å²) in [6, 6.07) is 10.3. The van der Waals surface area contributed by atoms with Crippen molar-refractivity contribution in [1.29, 1.82) is 0 Å². The highest BCUT2D eigenvalue weighted by Crippen LogP contribution is 2.39. The van der Waals surface area contributed by atoms with E-state index in [1.54, 1.807) is 5.56 Å². The number of nitrogens with zero attached hydrogens (tertiary/aromatic N) is 2. The van der Waals surface area contributed by atoms with E-state index in [0.29, 0.717) is 6.04 Å². The molecule has 1 atom stereocenters. The molecule has 1 saturated carbocycles. The number of piperazine rings is 1. The first-order valence-corrected chi connectivity index (χ1v) is 10.2. The largest absolute Gasteiger partial charge is 0.372 e. The molecule has 0 bridgehead atoms. The average molecular weight is 400 g/mol. The second kappa shape index (κ2) is 10.8. The number of halogens is 2. The van der Waals surface area contributed by atoms with Crippen LogP contribution >= 0.6 is 24.8 Å². The minimum atomic E-state index is 0. The van der Waals surface area contributed by atoms with Crippen molar-refractivity contribution >= 4 is 30.5 Å². The smallest absolute Gasteiger partial charge is 0.0377 e. The summed E-state index contributed by atoms with van der Waals surface area (Å²) in [5.74, 6) is 0.856. The van der Waals surface area contributed by atoms with Gasteiger partial charge in [0.05, 0.1) is 0 Å². The standard InChI is InChI=1S/C21H33N3.2ClH/c1-2-6-18(7-3-1)21(24-16-12-22-13-17-24)19-8-10-20(11-9-19)23-14-4-5-15-23;;/h8-11,18,21-22H,1-7,12-17H2;2*1H/t21-;;/m1../s1. The molecule has 1 N–H and O–H groups in total. The summed E-state index contributed by atoms with van der Waals surface area (Å²) >= 11 is 0. The van der Waals surface area contributed by atoms with Crippen molar-refractivity contribution in [3.8, 4) is 0 Å². The first kappa shape index (κ1) is 21.8. The highest BCUT2D eigenvalue weighted by molar-refractivity contribution is 5.85. The van der Waals surface area contributed by atoms with Gasteiger partial charge in [-0.3, -0.25) is 4.90 Å². The van der Waals surface area contributed by atoms with Gasteiger partial charge in [-0.15, -0.1) is 24.8 Å². The fourth-order valence-electron chi connectivity index (χ4n) is 5.05. The van der Waals surface area contributed by atoms with Gasteiger partial charge in [0.1, 0.15) is 0 Å². The Morgan fingerprint density at radius 2 is 1.38 bits per heavy atom. The van der Waals surface area contributed by atoms with E-state index >= 15 is 0 Å². The van der Waals surface area contributed by atoms with Gasteiger partial charge >= 0.3 is 0 Å². The van der Waals surface area contributed by atoms with Gasteiger partial charge in [-0.05, 0) is 49.3 Å². The minimum Gasteiger partial charge on any atom is -0.372 e. The van der Waals surface area contributed by atoms with Crippen molar-refractivity contribution in [1.82, 2.24) is 10.2 Å². The molecule has 0 radical (unpaired) electrons. The fraction of sp³-hybridized carbons (Fsp3) is 0.714. The number of rotatable bonds is 4. The number of hydrogen-bond acceptors (Lipinski definition) is 3. The van der Waals surface area contributed by atoms with Gasteiger partial charge in [0.15, 0.2) is 0 Å². The summed E-state index contributed by atoms with van der Waals surface area (Å²) < 4.78 is 0. The Bertz CT molecular complexity index is 486. The lowest BCUT2D eigenvalue weighted by molar-refractivity contribution is 0.103. The quantitative estimate of drug-likeness (QED) is 0.793. The van der Waals surface area contributed by atoms with E-state index in [1.807, 2.05) is 0 Å². The first-order chi connectivity index (χ1) is 11.9. The molecular weight excluding hydrogens is 365 g/mol. The van der Waals surface area contributed by atoms with Crippen molar-refractivity contribution in [2.45, 2.75) is 51.0 Å². The summed E-state index contributed by atoms with van der Waals surface area (Å²) in [5.41, 5.74) is 2.99. The summed E-state index contributed by atoms with van der Waals surface area (Å²) in [6.07, 6.45) is 9.85. The topological polar surface area (TPSA) is 18.5 Å². The number of nitrogens with one attached hydrogen (secondary N) is 1. The van der Waals surface area contributed by atoms with Crippen LogP contribution in [0.2, 0.25) is 0 Å². The Kier molecular flexibility index (Phi) is 9.02. The molecule has 0 amide bonds. The highest BCUT2D eigenvalue weighted by atomic mass is 35.5. The van der Waals surface area contributed by atoms with E-state index in [9.17, 15) is 0 Å². The van der Waals surface area contributed by atoms with Gasteiger partial charge in [-0.1, -0.05) is 31.4 Å². The summed E-state index contributed by atoms with van der Waals surface area (Å²) in [4.78, 5) is 5.31. The van der Waals surface area contributed by atoms with Gasteiger partial charge in [0, 0.05) is 51.0 Å². The zero-order chi connectivity index (χ0) is 16.2. The second-order valence-electron chi connectivity index (χ2n) is 7.91. The molecule has 2 saturated heterocycles. The van der Waals surface area contributed by atoms with Crippen LogP contribution < -0.4 is 10.2 Å². The Labute approximate surface area is 171 Å². The van der Waals surface area contributed by atoms with E-state index in [4.69, 9.17) is 0 Å². The molecule has 0 aromatic heterocycles. The van der Waals surface area contributed by atoms with Crippen LogP contribution in [0, 0.1) is 5.92 Å². The van der Waals surface area contributed by atoms with Crippen LogP contribution in [0.25, 0.3) is 0 Å². The van der Waals surface area contributed by atoms with Gasteiger partial charge in [-0.25, -0.2) is 0 Å². The van der Waals surface area contributed by atoms with Gasteiger partial charge in [0.2, 0.25) is 0 Å². The van der Waals surface area contributed by atoms with E-state index in [0.717, 1.165) is 19.0 Å². The molecule has 1 aliphatic carbocycles. The van der Waals surface area contributed by atoms with Crippen molar-refractivity contribution < 1.29 is 0 Å². The molecular formula is C21H35Cl2N3. The Hall–Kier alpha value is -0.480. The number of hydrogen-bond donors (Lipinski definition) is 1. The lowest BCUT2D eigenvalue weighted by Gasteiger charge is -2.41. The SMILES string of the molecule is Cl.Cl.c1cc(N2CCCC2)ccc1[C@@H](C1CCCCC1)N1CCNCC1. The van der Waals surface area contributed by atoms with Gasteiger partial charge < -0.3 is 10.2 Å². The van der Waals surface area contributed by atoms with E-state index in [2.05, 4.69) is 39.4 Å². The Morgan fingerprint density at radius 1 is 0.769 bits per heavy atom. The summed E-state index contributed by atoms with van der Waals surface area (Å²) in [6.45, 7) is 7.18. The van der Waals surface area contributed by atoms with Crippen LogP contribution in [0.4, 0.5) is 5.69 Å². The lowest BCUT2D eigenvalue weighted by Crippen LogP contribution is -2.47. The van der Waals surface area contributed by atoms with Crippen molar-refractivity contribution in [2.75, 3.05) is 44.2 Å². The molecule has 0 unspecified atom stereocenters. The maximum Gasteiger partial charge on any atom is 0.0377 e. The molecule has 5 heteroatoms. The molecule has 2 heterocycles. The lowest BCUT2D eigenvalue weighted by atomic mass is 9.80. The summed E-state index contributed by atoms with van der Waals surface area (Å²) in [5, 5.41) is 3.52. The van der Waals surface area contributed by atoms with Crippen LogP contribution in [-0.2, 0) is 0 Å². The second-order valence-corrected chi connectivity index (χ2v) is 7.91. The molecule has 3 fully saturated rings. The Balaban J connectivity index is 0.00000121. The number of anilines is 1. The van der Waals surface area contributed by atoms with Crippen molar-refractivity contribution in [3.05, 3.63) is 29.8 Å². The molecule has 1 aromatic carbocycles. The third kappa shape index (κ3) is 5.07. The average Bonchev–Trinajstić information content (AvgIpc) is 3.19. The zero-order valence-corrected chi connectivity index (χ0v) is 17.5. The highest BCUT2D eigenvalue weighted by Gasteiger charge is 2.30. The van der Waals surface area contributed by atoms with Crippen molar-refractivity contribution in [3.63, 3.8) is 0 Å². The molecule has 2 aliphatic heterocycles. The van der Waals surface area contributed by atoms with Crippen LogP contribution in [-0.4, -0.2) is 44.2 Å². The van der Waals surface area contributed by atoms with Crippen LogP contribution in [0.1, 0.15) is 56.6 Å².